The number of thioether (sulfide) groups is 1. The number of nitrogens with one attached hydrogen (secondary N) is 1. The minimum atomic E-state index is -0.137. The quantitative estimate of drug-likeness (QED) is 0.356. The zero-order valence-corrected chi connectivity index (χ0v) is 18.8. The molecule has 9 heteroatoms. The number of hydrogen-bond donors (Lipinski definition) is 1. The average molecular weight is 473 g/mol. The van der Waals surface area contributed by atoms with Crippen molar-refractivity contribution in [1.82, 2.24) is 20.1 Å². The average Bonchev–Trinajstić information content (AvgIpc) is 3.43. The molecule has 4 aromatic rings. The van der Waals surface area contributed by atoms with E-state index in [0.29, 0.717) is 33.3 Å². The molecule has 31 heavy (non-hydrogen) atoms. The lowest BCUT2D eigenvalue weighted by Crippen LogP contribution is -2.24. The van der Waals surface area contributed by atoms with Gasteiger partial charge < -0.3 is 9.73 Å². The zero-order valence-electron chi connectivity index (χ0n) is 16.5. The summed E-state index contributed by atoms with van der Waals surface area (Å²) >= 11 is 13.6. The normalized spacial score (nSPS) is 10.9. The third kappa shape index (κ3) is 5.12. The maximum Gasteiger partial charge on any atom is 0.230 e. The van der Waals surface area contributed by atoms with Gasteiger partial charge in [-0.25, -0.2) is 0 Å². The predicted molar refractivity (Wildman–Crippen MR) is 123 cm³/mol. The fraction of sp³-hybridized carbons (Fsp3) is 0.136. The minimum absolute atomic E-state index is 0.137. The number of benzene rings is 2. The first-order chi connectivity index (χ1) is 15.0. The molecule has 6 nitrogen and oxygen atoms in total. The van der Waals surface area contributed by atoms with E-state index >= 15 is 0 Å². The van der Waals surface area contributed by atoms with Gasteiger partial charge in [0.25, 0.3) is 0 Å². The van der Waals surface area contributed by atoms with Crippen LogP contribution in [-0.4, -0.2) is 26.4 Å². The van der Waals surface area contributed by atoms with Gasteiger partial charge in [0, 0.05) is 5.56 Å². The van der Waals surface area contributed by atoms with Crippen molar-refractivity contribution in [3.63, 3.8) is 0 Å². The molecule has 2 heterocycles. The van der Waals surface area contributed by atoms with Crippen LogP contribution in [0.4, 0.5) is 0 Å². The largest absolute Gasteiger partial charge is 0.467 e. The number of halogens is 2. The monoisotopic (exact) mass is 472 g/mol. The van der Waals surface area contributed by atoms with Gasteiger partial charge >= 0.3 is 0 Å². The lowest BCUT2D eigenvalue weighted by atomic mass is 10.1. The lowest BCUT2D eigenvalue weighted by Gasteiger charge is -2.11. The van der Waals surface area contributed by atoms with Crippen molar-refractivity contribution >= 4 is 40.9 Å². The van der Waals surface area contributed by atoms with Gasteiger partial charge in [-0.15, -0.1) is 10.2 Å². The van der Waals surface area contributed by atoms with E-state index in [4.69, 9.17) is 27.6 Å². The molecule has 0 spiro atoms. The van der Waals surface area contributed by atoms with E-state index in [1.54, 1.807) is 24.5 Å². The van der Waals surface area contributed by atoms with Gasteiger partial charge in [0.2, 0.25) is 5.91 Å². The van der Waals surface area contributed by atoms with Crippen LogP contribution in [0.25, 0.3) is 17.1 Å². The molecule has 1 amide bonds. The molecule has 0 aliphatic rings. The van der Waals surface area contributed by atoms with Crippen LogP contribution in [0.3, 0.4) is 0 Å². The summed E-state index contributed by atoms with van der Waals surface area (Å²) in [6.45, 7) is 2.36. The summed E-state index contributed by atoms with van der Waals surface area (Å²) in [5, 5.41) is 13.0. The van der Waals surface area contributed by atoms with Gasteiger partial charge in [-0.05, 0) is 37.3 Å². The number of carbonyl (C=O) groups is 1. The van der Waals surface area contributed by atoms with Crippen LogP contribution in [0.2, 0.25) is 10.0 Å². The van der Waals surface area contributed by atoms with Crippen molar-refractivity contribution in [2.45, 2.75) is 18.6 Å². The first-order valence-corrected chi connectivity index (χ1v) is 11.1. The van der Waals surface area contributed by atoms with Gasteiger partial charge in [0.15, 0.2) is 11.0 Å². The molecule has 2 aromatic carbocycles. The molecule has 0 saturated carbocycles. The fourth-order valence-corrected chi connectivity index (χ4v) is 3.96. The third-order valence-corrected chi connectivity index (χ3v) is 6.14. The van der Waals surface area contributed by atoms with Crippen molar-refractivity contribution in [2.75, 3.05) is 5.75 Å². The highest BCUT2D eigenvalue weighted by Gasteiger charge is 2.18. The zero-order chi connectivity index (χ0) is 21.8. The standard InChI is InChI=1S/C22H18Cl2N4O2S/c1-14-4-6-15(7-5-14)21-26-27-22(28(21)16-8-9-18(23)19(24)11-16)31-13-20(29)25-12-17-3-2-10-30-17/h2-11H,12-13H2,1H3,(H,25,29). The molecular formula is C22H18Cl2N4O2S. The second-order valence-corrected chi connectivity index (χ2v) is 8.51. The van der Waals surface area contributed by atoms with Crippen molar-refractivity contribution in [3.8, 4) is 17.1 Å². The van der Waals surface area contributed by atoms with Crippen molar-refractivity contribution < 1.29 is 9.21 Å². The number of rotatable bonds is 7. The van der Waals surface area contributed by atoms with E-state index in [9.17, 15) is 4.79 Å². The van der Waals surface area contributed by atoms with Crippen LogP contribution in [-0.2, 0) is 11.3 Å². The summed E-state index contributed by atoms with van der Waals surface area (Å²) in [6.07, 6.45) is 1.57. The van der Waals surface area contributed by atoms with E-state index in [1.807, 2.05) is 47.9 Å². The molecule has 0 aliphatic heterocycles. The number of nitrogens with zero attached hydrogens (tertiary/aromatic N) is 3. The highest BCUT2D eigenvalue weighted by Crippen LogP contribution is 2.31. The van der Waals surface area contributed by atoms with Crippen LogP contribution in [0.1, 0.15) is 11.3 Å². The van der Waals surface area contributed by atoms with E-state index < -0.39 is 0 Å². The number of furan rings is 1. The lowest BCUT2D eigenvalue weighted by molar-refractivity contribution is -0.118. The van der Waals surface area contributed by atoms with E-state index in [2.05, 4.69) is 15.5 Å². The Labute approximate surface area is 193 Å². The third-order valence-electron chi connectivity index (χ3n) is 4.48. The number of aromatic nitrogens is 3. The van der Waals surface area contributed by atoms with Crippen molar-refractivity contribution in [3.05, 3.63) is 82.2 Å². The van der Waals surface area contributed by atoms with Crippen molar-refractivity contribution in [2.24, 2.45) is 0 Å². The summed E-state index contributed by atoms with van der Waals surface area (Å²) < 4.78 is 7.11. The predicted octanol–water partition coefficient (Wildman–Crippen LogP) is 5.55. The topological polar surface area (TPSA) is 73.0 Å². The fourth-order valence-electron chi connectivity index (χ4n) is 2.89. The molecule has 2 aromatic heterocycles. The van der Waals surface area contributed by atoms with Crippen LogP contribution in [0.15, 0.2) is 70.4 Å². The summed E-state index contributed by atoms with van der Waals surface area (Å²) in [5.41, 5.74) is 2.80. The van der Waals surface area contributed by atoms with Crippen molar-refractivity contribution in [1.29, 1.82) is 0 Å². The Balaban J connectivity index is 1.60. The number of amides is 1. The van der Waals surface area contributed by atoms with E-state index in [1.165, 1.54) is 11.8 Å². The molecule has 0 fully saturated rings. The number of carbonyl (C=O) groups excluding carboxylic acids is 1. The maximum absolute atomic E-state index is 12.3. The molecule has 0 atom stereocenters. The van der Waals surface area contributed by atoms with E-state index in [0.717, 1.165) is 16.8 Å². The molecule has 0 unspecified atom stereocenters. The smallest absolute Gasteiger partial charge is 0.230 e. The van der Waals surface area contributed by atoms with Crippen LogP contribution < -0.4 is 5.32 Å². The summed E-state index contributed by atoms with van der Waals surface area (Å²) in [4.78, 5) is 12.3. The minimum Gasteiger partial charge on any atom is -0.467 e. The second kappa shape index (κ2) is 9.60. The van der Waals surface area contributed by atoms with Gasteiger partial charge in [-0.1, -0.05) is 64.8 Å². The highest BCUT2D eigenvalue weighted by atomic mass is 35.5. The Morgan fingerprint density at radius 1 is 1.10 bits per heavy atom. The Kier molecular flexibility index (Phi) is 6.65. The second-order valence-electron chi connectivity index (χ2n) is 6.75. The van der Waals surface area contributed by atoms with Gasteiger partial charge in [-0.2, -0.15) is 0 Å². The molecule has 0 saturated heterocycles. The first kappa shape index (κ1) is 21.5. The number of aryl methyl sites for hydroxylation is 1. The SMILES string of the molecule is Cc1ccc(-c2nnc(SCC(=O)NCc3ccco3)n2-c2ccc(Cl)c(Cl)c2)cc1. The molecule has 0 aliphatic carbocycles. The highest BCUT2D eigenvalue weighted by molar-refractivity contribution is 7.99. The van der Waals surface area contributed by atoms with Gasteiger partial charge in [-0.3, -0.25) is 9.36 Å². The van der Waals surface area contributed by atoms with E-state index in [-0.39, 0.29) is 11.7 Å². The molecule has 158 valence electrons. The summed E-state index contributed by atoms with van der Waals surface area (Å²) in [7, 11) is 0. The molecule has 0 bridgehead atoms. The Morgan fingerprint density at radius 3 is 2.61 bits per heavy atom. The van der Waals surface area contributed by atoms with Gasteiger partial charge in [0.1, 0.15) is 5.76 Å². The molecule has 1 N–H and O–H groups in total. The Hall–Kier alpha value is -2.74. The Bertz CT molecular complexity index is 1190. The number of hydrogen-bond acceptors (Lipinski definition) is 5. The summed E-state index contributed by atoms with van der Waals surface area (Å²) in [5.74, 6) is 1.38. The van der Waals surface area contributed by atoms with Crippen LogP contribution in [0.5, 0.6) is 0 Å². The molecule has 0 radical (unpaired) electrons. The Morgan fingerprint density at radius 2 is 1.90 bits per heavy atom. The van der Waals surface area contributed by atoms with Gasteiger partial charge in [0.05, 0.1) is 34.3 Å². The summed E-state index contributed by atoms with van der Waals surface area (Å²) in [6, 6.07) is 16.9. The molecule has 4 rings (SSSR count). The van der Waals surface area contributed by atoms with Crippen LogP contribution in [0, 0.1) is 6.92 Å². The maximum atomic E-state index is 12.3. The molecular weight excluding hydrogens is 455 g/mol. The van der Waals surface area contributed by atoms with Crippen LogP contribution >= 0.6 is 35.0 Å². The first-order valence-electron chi connectivity index (χ1n) is 9.41.